The molecule has 0 atom stereocenters. The summed E-state index contributed by atoms with van der Waals surface area (Å²) in [6, 6.07) is 0.848. The summed E-state index contributed by atoms with van der Waals surface area (Å²) < 4.78 is 5.86. The minimum Gasteiger partial charge on any atom is -0.376 e. The molecule has 0 heterocycles. The molecule has 16 heavy (non-hydrogen) atoms. The van der Waals surface area contributed by atoms with E-state index in [2.05, 4.69) is 26.1 Å². The van der Waals surface area contributed by atoms with Crippen molar-refractivity contribution < 1.29 is 4.74 Å². The Morgan fingerprint density at radius 1 is 1.25 bits per heavy atom. The van der Waals surface area contributed by atoms with Crippen molar-refractivity contribution >= 4 is 0 Å². The summed E-state index contributed by atoms with van der Waals surface area (Å²) in [5, 5.41) is 3.69. The first-order valence-corrected chi connectivity index (χ1v) is 6.87. The molecule has 0 spiro atoms. The molecule has 0 amide bonds. The van der Waals surface area contributed by atoms with Gasteiger partial charge in [-0.05, 0) is 58.3 Å². The van der Waals surface area contributed by atoms with Crippen LogP contribution in [0.3, 0.4) is 0 Å². The topological polar surface area (TPSA) is 21.3 Å². The van der Waals surface area contributed by atoms with Crippen molar-refractivity contribution in [1.29, 1.82) is 0 Å². The molecule has 0 bridgehead atoms. The van der Waals surface area contributed by atoms with E-state index >= 15 is 0 Å². The molecular weight excluding hydrogens is 198 g/mol. The van der Waals surface area contributed by atoms with E-state index in [4.69, 9.17) is 4.74 Å². The standard InChI is InChI=1S/C14H27NO/c1-13(2,3)16-10-9-14(7-4-8-14)11-15-12-5-6-12/h12,15H,4-11H2,1-3H3. The SMILES string of the molecule is CC(C)(C)OCCC1(CNC2CC2)CCC1. The Bertz CT molecular complexity index is 223. The molecule has 1 N–H and O–H groups in total. The summed E-state index contributed by atoms with van der Waals surface area (Å²) in [4.78, 5) is 0. The normalized spacial score (nSPS) is 24.2. The van der Waals surface area contributed by atoms with E-state index in [0.717, 1.165) is 12.6 Å². The zero-order chi connectivity index (χ0) is 11.6. The van der Waals surface area contributed by atoms with Crippen LogP contribution in [0.4, 0.5) is 0 Å². The van der Waals surface area contributed by atoms with Crippen LogP contribution in [0.5, 0.6) is 0 Å². The van der Waals surface area contributed by atoms with Crippen LogP contribution in [0.25, 0.3) is 0 Å². The Morgan fingerprint density at radius 2 is 1.94 bits per heavy atom. The van der Waals surface area contributed by atoms with Crippen molar-refractivity contribution in [1.82, 2.24) is 5.32 Å². The highest BCUT2D eigenvalue weighted by Gasteiger charge is 2.37. The van der Waals surface area contributed by atoms with Crippen LogP contribution >= 0.6 is 0 Å². The Balaban J connectivity index is 1.67. The minimum atomic E-state index is 0.0227. The van der Waals surface area contributed by atoms with Crippen molar-refractivity contribution in [3.05, 3.63) is 0 Å². The predicted octanol–water partition coefficient (Wildman–Crippen LogP) is 3.11. The molecular formula is C14H27NO. The van der Waals surface area contributed by atoms with Crippen molar-refractivity contribution in [3.63, 3.8) is 0 Å². The van der Waals surface area contributed by atoms with Crippen LogP contribution in [-0.4, -0.2) is 24.8 Å². The number of rotatable bonds is 6. The average Bonchev–Trinajstić information content (AvgIpc) is 2.89. The number of hydrogen-bond donors (Lipinski definition) is 1. The lowest BCUT2D eigenvalue weighted by Gasteiger charge is -2.43. The summed E-state index contributed by atoms with van der Waals surface area (Å²) in [6.07, 6.45) is 8.26. The van der Waals surface area contributed by atoms with Crippen LogP contribution in [-0.2, 0) is 4.74 Å². The minimum absolute atomic E-state index is 0.0227. The maximum Gasteiger partial charge on any atom is 0.0598 e. The van der Waals surface area contributed by atoms with Gasteiger partial charge in [0.15, 0.2) is 0 Å². The third-order valence-electron chi connectivity index (χ3n) is 3.92. The van der Waals surface area contributed by atoms with E-state index < -0.39 is 0 Å². The lowest BCUT2D eigenvalue weighted by Crippen LogP contribution is -2.42. The molecule has 0 aromatic rings. The van der Waals surface area contributed by atoms with Gasteiger partial charge in [-0.1, -0.05) is 6.42 Å². The number of nitrogens with one attached hydrogen (secondary N) is 1. The first-order valence-electron chi connectivity index (χ1n) is 6.87. The first-order chi connectivity index (χ1) is 7.49. The van der Waals surface area contributed by atoms with Crippen LogP contribution in [0.1, 0.15) is 59.3 Å². The van der Waals surface area contributed by atoms with E-state index in [1.165, 1.54) is 45.1 Å². The Hall–Kier alpha value is -0.0800. The molecule has 0 aromatic heterocycles. The highest BCUT2D eigenvalue weighted by molar-refractivity contribution is 4.92. The molecule has 2 aliphatic rings. The Kier molecular flexibility index (Phi) is 3.60. The molecule has 2 fully saturated rings. The number of ether oxygens (including phenoxy) is 1. The molecule has 2 saturated carbocycles. The van der Waals surface area contributed by atoms with Gasteiger partial charge < -0.3 is 10.1 Å². The van der Waals surface area contributed by atoms with E-state index in [1.54, 1.807) is 0 Å². The second-order valence-corrected chi connectivity index (χ2v) is 6.72. The second kappa shape index (κ2) is 4.66. The maximum absolute atomic E-state index is 5.86. The lowest BCUT2D eigenvalue weighted by atomic mass is 9.66. The number of hydrogen-bond acceptors (Lipinski definition) is 2. The molecule has 2 heteroatoms. The summed E-state index contributed by atoms with van der Waals surface area (Å²) in [6.45, 7) is 8.58. The molecule has 2 aliphatic carbocycles. The van der Waals surface area contributed by atoms with Crippen LogP contribution in [0.15, 0.2) is 0 Å². The fourth-order valence-corrected chi connectivity index (χ4v) is 2.41. The summed E-state index contributed by atoms with van der Waals surface area (Å²) in [7, 11) is 0. The van der Waals surface area contributed by atoms with Crippen molar-refractivity contribution in [2.75, 3.05) is 13.2 Å². The molecule has 0 unspecified atom stereocenters. The van der Waals surface area contributed by atoms with Crippen LogP contribution in [0.2, 0.25) is 0 Å². The third kappa shape index (κ3) is 3.74. The highest BCUT2D eigenvalue weighted by Crippen LogP contribution is 2.44. The molecule has 0 aromatic carbocycles. The summed E-state index contributed by atoms with van der Waals surface area (Å²) in [5.41, 5.74) is 0.600. The van der Waals surface area contributed by atoms with Crippen LogP contribution in [0, 0.1) is 5.41 Å². The van der Waals surface area contributed by atoms with Gasteiger partial charge in [-0.3, -0.25) is 0 Å². The molecule has 2 nitrogen and oxygen atoms in total. The van der Waals surface area contributed by atoms with Gasteiger partial charge in [0.1, 0.15) is 0 Å². The fraction of sp³-hybridized carbons (Fsp3) is 1.00. The van der Waals surface area contributed by atoms with Gasteiger partial charge in [0.2, 0.25) is 0 Å². The molecule has 94 valence electrons. The van der Waals surface area contributed by atoms with E-state index in [1.807, 2.05) is 0 Å². The largest absolute Gasteiger partial charge is 0.376 e. The smallest absolute Gasteiger partial charge is 0.0598 e. The van der Waals surface area contributed by atoms with Crippen molar-refractivity contribution in [2.24, 2.45) is 5.41 Å². The first kappa shape index (κ1) is 12.4. The second-order valence-electron chi connectivity index (χ2n) is 6.72. The summed E-state index contributed by atoms with van der Waals surface area (Å²) in [5.74, 6) is 0. The van der Waals surface area contributed by atoms with Gasteiger partial charge in [-0.25, -0.2) is 0 Å². The molecule has 0 aliphatic heterocycles. The van der Waals surface area contributed by atoms with E-state index in [-0.39, 0.29) is 5.60 Å². The molecule has 2 rings (SSSR count). The lowest BCUT2D eigenvalue weighted by molar-refractivity contribution is -0.0311. The Labute approximate surface area is 100 Å². The van der Waals surface area contributed by atoms with Gasteiger partial charge in [0.05, 0.1) is 5.60 Å². The third-order valence-corrected chi connectivity index (χ3v) is 3.92. The van der Waals surface area contributed by atoms with Gasteiger partial charge in [-0.15, -0.1) is 0 Å². The Morgan fingerprint density at radius 3 is 2.38 bits per heavy atom. The highest BCUT2D eigenvalue weighted by atomic mass is 16.5. The van der Waals surface area contributed by atoms with E-state index in [0.29, 0.717) is 5.41 Å². The maximum atomic E-state index is 5.86. The predicted molar refractivity (Wildman–Crippen MR) is 67.6 cm³/mol. The molecule has 0 radical (unpaired) electrons. The zero-order valence-electron chi connectivity index (χ0n) is 11.1. The average molecular weight is 225 g/mol. The van der Waals surface area contributed by atoms with Gasteiger partial charge in [-0.2, -0.15) is 0 Å². The fourth-order valence-electron chi connectivity index (χ4n) is 2.41. The van der Waals surface area contributed by atoms with E-state index in [9.17, 15) is 0 Å². The van der Waals surface area contributed by atoms with Gasteiger partial charge >= 0.3 is 0 Å². The van der Waals surface area contributed by atoms with Gasteiger partial charge in [0, 0.05) is 19.2 Å². The summed E-state index contributed by atoms with van der Waals surface area (Å²) >= 11 is 0. The van der Waals surface area contributed by atoms with Crippen molar-refractivity contribution in [3.8, 4) is 0 Å². The molecule has 0 saturated heterocycles. The van der Waals surface area contributed by atoms with Crippen LogP contribution < -0.4 is 5.32 Å². The quantitative estimate of drug-likeness (QED) is 0.750. The van der Waals surface area contributed by atoms with Crippen molar-refractivity contribution in [2.45, 2.75) is 70.9 Å². The zero-order valence-corrected chi connectivity index (χ0v) is 11.1. The van der Waals surface area contributed by atoms with Gasteiger partial charge in [0.25, 0.3) is 0 Å². The monoisotopic (exact) mass is 225 g/mol.